The van der Waals surface area contributed by atoms with E-state index in [2.05, 4.69) is 56.1 Å². The number of rotatable bonds is 10. The van der Waals surface area contributed by atoms with Crippen LogP contribution in [0.15, 0.2) is 82.9 Å². The second-order valence-electron chi connectivity index (χ2n) is 8.90. The first kappa shape index (κ1) is 26.6. The van der Waals surface area contributed by atoms with Crippen molar-refractivity contribution in [2.45, 2.75) is 59.9 Å². The standard InChI is InChI=1S/C29H35ClFN3O/c1-7-9-28(29(31)25(30)17-33-23-11-12-23)35-27-14-15-32-26-16-22(10-13-24(26)27)20(4)18-34(6)21(5)19(3)8-2/h7,9-10,13-18,23,33H,8,11-12H2,1-6H3/b9-7-,20-18+,21-19?,25-17-,29-28-. The number of halogens is 2. The summed E-state index contributed by atoms with van der Waals surface area (Å²) in [6, 6.07) is 8.13. The third-order valence-corrected chi connectivity index (χ3v) is 6.48. The molecule has 1 aliphatic rings. The van der Waals surface area contributed by atoms with Crippen molar-refractivity contribution in [1.82, 2.24) is 15.2 Å². The van der Waals surface area contributed by atoms with Crippen molar-refractivity contribution in [1.29, 1.82) is 0 Å². The molecule has 0 saturated heterocycles. The molecule has 186 valence electrons. The van der Waals surface area contributed by atoms with Crippen molar-refractivity contribution in [2.24, 2.45) is 0 Å². The molecule has 0 spiro atoms. The summed E-state index contributed by atoms with van der Waals surface area (Å²) >= 11 is 6.19. The number of ether oxygens (including phenoxy) is 1. The maximum absolute atomic E-state index is 15.1. The van der Waals surface area contributed by atoms with Crippen molar-refractivity contribution in [3.63, 3.8) is 0 Å². The maximum Gasteiger partial charge on any atom is 0.185 e. The van der Waals surface area contributed by atoms with Gasteiger partial charge in [0.05, 0.1) is 10.5 Å². The smallest absolute Gasteiger partial charge is 0.185 e. The molecule has 35 heavy (non-hydrogen) atoms. The molecule has 0 amide bonds. The lowest BCUT2D eigenvalue weighted by Gasteiger charge is -2.19. The zero-order valence-electron chi connectivity index (χ0n) is 21.5. The summed E-state index contributed by atoms with van der Waals surface area (Å²) in [5, 5.41) is 3.88. The van der Waals surface area contributed by atoms with Crippen LogP contribution in [0.2, 0.25) is 0 Å². The van der Waals surface area contributed by atoms with E-state index in [9.17, 15) is 0 Å². The third kappa shape index (κ3) is 6.98. The number of fused-ring (bicyclic) bond motifs is 1. The van der Waals surface area contributed by atoms with Gasteiger partial charge in [-0.2, -0.15) is 0 Å². The molecule has 4 nitrogen and oxygen atoms in total. The van der Waals surface area contributed by atoms with E-state index in [0.717, 1.165) is 41.3 Å². The van der Waals surface area contributed by atoms with Gasteiger partial charge in [-0.3, -0.25) is 4.98 Å². The summed E-state index contributed by atoms with van der Waals surface area (Å²) in [7, 11) is 2.06. The summed E-state index contributed by atoms with van der Waals surface area (Å²) < 4.78 is 21.1. The lowest BCUT2D eigenvalue weighted by atomic mass is 10.0. The number of hydrogen-bond donors (Lipinski definition) is 1. The van der Waals surface area contributed by atoms with Crippen LogP contribution in [0.25, 0.3) is 16.5 Å². The van der Waals surface area contributed by atoms with E-state index < -0.39 is 5.83 Å². The molecular formula is C29H35ClFN3O. The maximum atomic E-state index is 15.1. The topological polar surface area (TPSA) is 37.4 Å². The second-order valence-corrected chi connectivity index (χ2v) is 9.30. The largest absolute Gasteiger partial charge is 0.453 e. The minimum Gasteiger partial charge on any atom is -0.453 e. The molecule has 0 bridgehead atoms. The molecule has 1 fully saturated rings. The fourth-order valence-electron chi connectivity index (χ4n) is 3.52. The van der Waals surface area contributed by atoms with Gasteiger partial charge in [-0.15, -0.1) is 0 Å². The van der Waals surface area contributed by atoms with Gasteiger partial charge in [0.15, 0.2) is 11.6 Å². The Kier molecular flexibility index (Phi) is 9.16. The van der Waals surface area contributed by atoms with Gasteiger partial charge in [-0.05, 0) is 82.4 Å². The highest BCUT2D eigenvalue weighted by atomic mass is 35.5. The molecule has 1 heterocycles. The molecule has 1 aromatic heterocycles. The third-order valence-electron chi connectivity index (χ3n) is 6.21. The van der Waals surface area contributed by atoms with Crippen LogP contribution in [-0.4, -0.2) is 23.0 Å². The van der Waals surface area contributed by atoms with Gasteiger partial charge in [-0.25, -0.2) is 4.39 Å². The average Bonchev–Trinajstić information content (AvgIpc) is 3.69. The first-order valence-electron chi connectivity index (χ1n) is 12.0. The van der Waals surface area contributed by atoms with Crippen molar-refractivity contribution < 1.29 is 9.13 Å². The normalized spacial score (nSPS) is 16.3. The quantitative estimate of drug-likeness (QED) is 0.266. The zero-order valence-corrected chi connectivity index (χ0v) is 22.2. The van der Waals surface area contributed by atoms with Gasteiger partial charge in [0, 0.05) is 42.8 Å². The highest BCUT2D eigenvalue weighted by molar-refractivity contribution is 6.31. The zero-order chi connectivity index (χ0) is 25.5. The van der Waals surface area contributed by atoms with E-state index in [1.807, 2.05) is 18.2 Å². The Morgan fingerprint density at radius 2 is 2.00 bits per heavy atom. The van der Waals surface area contributed by atoms with Gasteiger partial charge in [-0.1, -0.05) is 36.2 Å². The average molecular weight is 496 g/mol. The van der Waals surface area contributed by atoms with Gasteiger partial charge in [0.2, 0.25) is 0 Å². The van der Waals surface area contributed by atoms with Crippen molar-refractivity contribution in [3.05, 3.63) is 88.5 Å². The summed E-state index contributed by atoms with van der Waals surface area (Å²) in [5.41, 5.74) is 5.54. The van der Waals surface area contributed by atoms with Gasteiger partial charge >= 0.3 is 0 Å². The molecular weight excluding hydrogens is 461 g/mol. The minimum atomic E-state index is -0.618. The van der Waals surface area contributed by atoms with Gasteiger partial charge < -0.3 is 15.0 Å². The molecule has 3 rings (SSSR count). The monoisotopic (exact) mass is 495 g/mol. The van der Waals surface area contributed by atoms with Crippen LogP contribution in [0, 0.1) is 0 Å². The lowest BCUT2D eigenvalue weighted by molar-refractivity contribution is 0.422. The van der Waals surface area contributed by atoms with Crippen LogP contribution < -0.4 is 10.1 Å². The Labute approximate surface area is 213 Å². The van der Waals surface area contributed by atoms with Crippen molar-refractivity contribution >= 4 is 28.1 Å². The van der Waals surface area contributed by atoms with Crippen molar-refractivity contribution in [3.8, 4) is 5.75 Å². The number of nitrogens with one attached hydrogen (secondary N) is 1. The molecule has 2 aromatic rings. The van der Waals surface area contributed by atoms with E-state index in [1.165, 1.54) is 17.5 Å². The van der Waals surface area contributed by atoms with E-state index in [-0.39, 0.29) is 10.8 Å². The number of pyridine rings is 1. The van der Waals surface area contributed by atoms with Crippen LogP contribution in [0.3, 0.4) is 0 Å². The van der Waals surface area contributed by atoms with Gasteiger partial charge in [0.25, 0.3) is 0 Å². The molecule has 0 atom stereocenters. The molecule has 1 aliphatic carbocycles. The predicted octanol–water partition coefficient (Wildman–Crippen LogP) is 8.20. The van der Waals surface area contributed by atoms with Crippen LogP contribution >= 0.6 is 11.6 Å². The number of nitrogens with zero attached hydrogens (tertiary/aromatic N) is 2. The first-order valence-corrected chi connectivity index (χ1v) is 12.4. The first-order chi connectivity index (χ1) is 16.7. The highest BCUT2D eigenvalue weighted by Gasteiger charge is 2.20. The molecule has 0 aliphatic heterocycles. The van der Waals surface area contributed by atoms with Crippen molar-refractivity contribution in [2.75, 3.05) is 7.05 Å². The summed E-state index contributed by atoms with van der Waals surface area (Å²) in [5.74, 6) is -0.0539. The van der Waals surface area contributed by atoms with Crippen LogP contribution in [0.4, 0.5) is 4.39 Å². The molecule has 1 N–H and O–H groups in total. The van der Waals surface area contributed by atoms with Crippen LogP contribution in [-0.2, 0) is 0 Å². The molecule has 0 unspecified atom stereocenters. The predicted molar refractivity (Wildman–Crippen MR) is 145 cm³/mol. The highest BCUT2D eigenvalue weighted by Crippen LogP contribution is 2.31. The SMILES string of the molecule is C\C=C/C(Oc1ccnc2cc(/C(C)=C/N(C)C(C)=C(C)CC)ccc12)=C(F)\C(Cl)=C\NC1CC1. The van der Waals surface area contributed by atoms with E-state index >= 15 is 4.39 Å². The minimum absolute atomic E-state index is 0.0156. The fraction of sp³-hybridized carbons (Fsp3) is 0.345. The molecule has 6 heteroatoms. The Hall–Kier alpha value is -3.05. The molecule has 1 aromatic carbocycles. The fourth-order valence-corrected chi connectivity index (χ4v) is 3.67. The Bertz CT molecular complexity index is 1220. The number of allylic oxidation sites excluding steroid dienone is 7. The summed E-state index contributed by atoms with van der Waals surface area (Å²) in [4.78, 5) is 6.67. The number of hydrogen-bond acceptors (Lipinski definition) is 4. The Morgan fingerprint density at radius 3 is 2.66 bits per heavy atom. The lowest BCUT2D eigenvalue weighted by Crippen LogP contribution is -2.10. The van der Waals surface area contributed by atoms with Gasteiger partial charge in [0.1, 0.15) is 5.75 Å². The number of benzene rings is 1. The second kappa shape index (κ2) is 12.1. The summed E-state index contributed by atoms with van der Waals surface area (Å²) in [6.07, 6.45) is 11.8. The number of aromatic nitrogens is 1. The molecule has 1 saturated carbocycles. The van der Waals surface area contributed by atoms with E-state index in [4.69, 9.17) is 16.3 Å². The van der Waals surface area contributed by atoms with E-state index in [0.29, 0.717) is 11.8 Å². The van der Waals surface area contributed by atoms with Crippen LogP contribution in [0.1, 0.15) is 59.4 Å². The Balaban J connectivity index is 1.91. The summed E-state index contributed by atoms with van der Waals surface area (Å²) in [6.45, 7) is 10.3. The Morgan fingerprint density at radius 1 is 1.26 bits per heavy atom. The van der Waals surface area contributed by atoms with Crippen LogP contribution in [0.5, 0.6) is 5.75 Å². The molecule has 0 radical (unpaired) electrons. The van der Waals surface area contributed by atoms with E-state index in [1.54, 1.807) is 31.3 Å².